The Kier molecular flexibility index (Phi) is 6.17. The monoisotopic (exact) mass is 369 g/mol. The van der Waals surface area contributed by atoms with Gasteiger partial charge in [-0.2, -0.15) is 5.10 Å². The van der Waals surface area contributed by atoms with E-state index < -0.39 is 0 Å². The zero-order chi connectivity index (χ0) is 18.4. The lowest BCUT2D eigenvalue weighted by atomic mass is 9.88. The van der Waals surface area contributed by atoms with Gasteiger partial charge < -0.3 is 5.32 Å². The highest BCUT2D eigenvalue weighted by molar-refractivity contribution is 7.12. The third kappa shape index (κ3) is 4.79. The van der Waals surface area contributed by atoms with Crippen molar-refractivity contribution >= 4 is 34.6 Å². The molecule has 2 amide bonds. The molecule has 2 aromatic rings. The maximum atomic E-state index is 12.4. The first-order valence-corrected chi connectivity index (χ1v) is 9.81. The van der Waals surface area contributed by atoms with Crippen LogP contribution in [-0.4, -0.2) is 17.5 Å². The summed E-state index contributed by atoms with van der Waals surface area (Å²) < 4.78 is 0. The molecule has 5 nitrogen and oxygen atoms in total. The van der Waals surface area contributed by atoms with Crippen molar-refractivity contribution in [3.8, 4) is 0 Å². The number of hydrogen-bond donors (Lipinski definition) is 2. The lowest BCUT2D eigenvalue weighted by molar-refractivity contribution is -0.120. The molecule has 0 unspecified atom stereocenters. The van der Waals surface area contributed by atoms with Crippen LogP contribution in [0.2, 0.25) is 0 Å². The number of hydrazone groups is 1. The summed E-state index contributed by atoms with van der Waals surface area (Å²) in [6, 6.07) is 11.1. The fourth-order valence-corrected chi connectivity index (χ4v) is 3.71. The molecular weight excluding hydrogens is 346 g/mol. The van der Waals surface area contributed by atoms with Gasteiger partial charge in [0.25, 0.3) is 5.91 Å². The van der Waals surface area contributed by atoms with E-state index >= 15 is 0 Å². The minimum absolute atomic E-state index is 0.0995. The van der Waals surface area contributed by atoms with Gasteiger partial charge in [0.2, 0.25) is 5.91 Å². The molecule has 0 aliphatic heterocycles. The second kappa shape index (κ2) is 8.76. The van der Waals surface area contributed by atoms with Crippen molar-refractivity contribution < 1.29 is 9.59 Å². The largest absolute Gasteiger partial charge is 0.326 e. The summed E-state index contributed by atoms with van der Waals surface area (Å²) in [7, 11) is 0. The number of nitrogens with zero attached hydrogens (tertiary/aromatic N) is 1. The summed E-state index contributed by atoms with van der Waals surface area (Å²) in [6.45, 7) is 1.83. The Labute approximate surface area is 157 Å². The van der Waals surface area contributed by atoms with Crippen molar-refractivity contribution in [2.24, 2.45) is 11.0 Å². The molecular formula is C20H23N3O2S. The molecule has 1 aromatic carbocycles. The van der Waals surface area contributed by atoms with Crippen LogP contribution < -0.4 is 10.7 Å². The van der Waals surface area contributed by atoms with Crippen molar-refractivity contribution in [1.82, 2.24) is 5.43 Å². The van der Waals surface area contributed by atoms with Crippen LogP contribution in [0.25, 0.3) is 0 Å². The summed E-state index contributed by atoms with van der Waals surface area (Å²) in [5.74, 6) is -0.00389. The van der Waals surface area contributed by atoms with Crippen molar-refractivity contribution in [3.63, 3.8) is 0 Å². The number of hydrogen-bond acceptors (Lipinski definition) is 4. The molecule has 1 saturated carbocycles. The van der Waals surface area contributed by atoms with Crippen LogP contribution in [-0.2, 0) is 4.79 Å². The van der Waals surface area contributed by atoms with Crippen LogP contribution in [0.15, 0.2) is 46.9 Å². The van der Waals surface area contributed by atoms with Gasteiger partial charge in [0.1, 0.15) is 0 Å². The molecule has 1 aromatic heterocycles. The third-order valence-corrected chi connectivity index (χ3v) is 5.46. The van der Waals surface area contributed by atoms with Crippen molar-refractivity contribution in [1.29, 1.82) is 0 Å². The van der Waals surface area contributed by atoms with E-state index in [9.17, 15) is 9.59 Å². The van der Waals surface area contributed by atoms with Gasteiger partial charge >= 0.3 is 0 Å². The number of thiophene rings is 1. The molecule has 0 bridgehead atoms. The molecule has 136 valence electrons. The van der Waals surface area contributed by atoms with E-state index in [0.29, 0.717) is 10.6 Å². The van der Waals surface area contributed by atoms with Crippen molar-refractivity contribution in [2.75, 3.05) is 5.32 Å². The SMILES string of the molecule is CC(=NNC(=O)c1cccs1)c1cccc(NC(=O)C2CCCCC2)c1. The van der Waals surface area contributed by atoms with E-state index in [1.54, 1.807) is 6.07 Å². The van der Waals surface area contributed by atoms with E-state index in [-0.39, 0.29) is 17.7 Å². The molecule has 2 N–H and O–H groups in total. The standard InChI is InChI=1S/C20H23N3O2S/c1-14(22-23-20(25)18-11-6-12-26-18)16-9-5-10-17(13-16)21-19(24)15-7-3-2-4-8-15/h5-6,9-13,15H,2-4,7-8H2,1H3,(H,21,24)(H,23,25). The minimum atomic E-state index is -0.221. The summed E-state index contributed by atoms with van der Waals surface area (Å²) >= 11 is 1.37. The molecule has 0 atom stereocenters. The first kappa shape index (κ1) is 18.3. The number of rotatable bonds is 5. The van der Waals surface area contributed by atoms with Gasteiger partial charge in [-0.25, -0.2) is 5.43 Å². The van der Waals surface area contributed by atoms with Crippen molar-refractivity contribution in [2.45, 2.75) is 39.0 Å². The van der Waals surface area contributed by atoms with Gasteiger partial charge in [-0.05, 0) is 48.9 Å². The van der Waals surface area contributed by atoms with Gasteiger partial charge in [0, 0.05) is 11.6 Å². The molecule has 0 spiro atoms. The number of amides is 2. The smallest absolute Gasteiger partial charge is 0.281 e. The Hall–Kier alpha value is -2.47. The van der Waals surface area contributed by atoms with Gasteiger partial charge in [0.15, 0.2) is 0 Å². The molecule has 1 heterocycles. The van der Waals surface area contributed by atoms with E-state index in [4.69, 9.17) is 0 Å². The van der Waals surface area contributed by atoms with Crippen LogP contribution in [0, 0.1) is 5.92 Å². The average Bonchev–Trinajstić information content (AvgIpc) is 3.21. The third-order valence-electron chi connectivity index (χ3n) is 4.59. The Morgan fingerprint density at radius 2 is 1.92 bits per heavy atom. The topological polar surface area (TPSA) is 70.6 Å². The van der Waals surface area contributed by atoms with E-state index in [1.165, 1.54) is 17.8 Å². The number of benzene rings is 1. The van der Waals surface area contributed by atoms with Gasteiger partial charge in [-0.3, -0.25) is 9.59 Å². The summed E-state index contributed by atoms with van der Waals surface area (Å²) in [5, 5.41) is 9.04. The van der Waals surface area contributed by atoms with E-state index in [2.05, 4.69) is 15.8 Å². The Morgan fingerprint density at radius 1 is 1.12 bits per heavy atom. The summed E-state index contributed by atoms with van der Waals surface area (Å²) in [6.07, 6.45) is 5.44. The van der Waals surface area contributed by atoms with E-state index in [0.717, 1.165) is 36.9 Å². The van der Waals surface area contributed by atoms with Gasteiger partial charge in [-0.15, -0.1) is 11.3 Å². The maximum absolute atomic E-state index is 12.4. The highest BCUT2D eigenvalue weighted by Crippen LogP contribution is 2.25. The first-order valence-electron chi connectivity index (χ1n) is 8.93. The highest BCUT2D eigenvalue weighted by atomic mass is 32.1. The second-order valence-corrected chi connectivity index (χ2v) is 7.47. The zero-order valence-corrected chi connectivity index (χ0v) is 15.6. The fraction of sp³-hybridized carbons (Fsp3) is 0.350. The number of carbonyl (C=O) groups excluding carboxylic acids is 2. The molecule has 1 aliphatic rings. The van der Waals surface area contributed by atoms with Crippen LogP contribution in [0.1, 0.15) is 54.3 Å². The van der Waals surface area contributed by atoms with Crippen LogP contribution in [0.4, 0.5) is 5.69 Å². The zero-order valence-electron chi connectivity index (χ0n) is 14.8. The molecule has 3 rings (SSSR count). The number of carbonyl (C=O) groups is 2. The Morgan fingerprint density at radius 3 is 2.65 bits per heavy atom. The van der Waals surface area contributed by atoms with Crippen LogP contribution in [0.3, 0.4) is 0 Å². The second-order valence-electron chi connectivity index (χ2n) is 6.52. The van der Waals surface area contributed by atoms with Crippen LogP contribution >= 0.6 is 11.3 Å². The van der Waals surface area contributed by atoms with Gasteiger partial charge in [-0.1, -0.05) is 37.5 Å². The maximum Gasteiger partial charge on any atom is 0.281 e. The number of nitrogens with one attached hydrogen (secondary N) is 2. The first-order chi connectivity index (χ1) is 12.6. The van der Waals surface area contributed by atoms with Crippen molar-refractivity contribution in [3.05, 3.63) is 52.2 Å². The normalized spacial score (nSPS) is 15.5. The summed E-state index contributed by atoms with van der Waals surface area (Å²) in [4.78, 5) is 25.0. The lowest BCUT2D eigenvalue weighted by Gasteiger charge is -2.20. The fourth-order valence-electron chi connectivity index (χ4n) is 3.09. The molecule has 0 radical (unpaired) electrons. The quantitative estimate of drug-likeness (QED) is 0.605. The number of anilines is 1. The predicted octanol–water partition coefficient (Wildman–Crippen LogP) is 4.42. The molecule has 6 heteroatoms. The lowest BCUT2D eigenvalue weighted by Crippen LogP contribution is -2.24. The van der Waals surface area contributed by atoms with Crippen LogP contribution in [0.5, 0.6) is 0 Å². The minimum Gasteiger partial charge on any atom is -0.326 e. The average molecular weight is 369 g/mol. The van der Waals surface area contributed by atoms with E-state index in [1.807, 2.05) is 42.6 Å². The molecule has 1 fully saturated rings. The molecule has 26 heavy (non-hydrogen) atoms. The summed E-state index contributed by atoms with van der Waals surface area (Å²) in [5.41, 5.74) is 4.87. The Balaban J connectivity index is 1.63. The molecule has 1 aliphatic carbocycles. The highest BCUT2D eigenvalue weighted by Gasteiger charge is 2.21. The predicted molar refractivity (Wildman–Crippen MR) is 106 cm³/mol. The van der Waals surface area contributed by atoms with Gasteiger partial charge in [0.05, 0.1) is 10.6 Å². The Bertz CT molecular complexity index is 793. The molecule has 0 saturated heterocycles.